The van der Waals surface area contributed by atoms with Gasteiger partial charge in [-0.1, -0.05) is 35.3 Å². The largest absolute Gasteiger partial charge is 0.506 e. The summed E-state index contributed by atoms with van der Waals surface area (Å²) in [5.41, 5.74) is 3.06. The summed E-state index contributed by atoms with van der Waals surface area (Å²) >= 11 is 11.8. The summed E-state index contributed by atoms with van der Waals surface area (Å²) in [7, 11) is 0. The van der Waals surface area contributed by atoms with Gasteiger partial charge in [-0.05, 0) is 31.2 Å². The van der Waals surface area contributed by atoms with Crippen molar-refractivity contribution < 1.29 is 19.4 Å². The number of carbonyl (C=O) groups is 1. The summed E-state index contributed by atoms with van der Waals surface area (Å²) in [4.78, 5) is 12.2. The molecule has 0 radical (unpaired) electrons. The van der Waals surface area contributed by atoms with Gasteiger partial charge in [0.15, 0.2) is 11.5 Å². The summed E-state index contributed by atoms with van der Waals surface area (Å²) in [6, 6.07) is 10.0. The average Bonchev–Trinajstić information content (AvgIpc) is 2.62. The smallest absolute Gasteiger partial charge is 0.284 e. The minimum Gasteiger partial charge on any atom is -0.506 e. The van der Waals surface area contributed by atoms with Crippen LogP contribution < -0.4 is 14.9 Å². The molecular formula is C17H14Cl2N2O4. The zero-order valence-corrected chi connectivity index (χ0v) is 14.6. The highest BCUT2D eigenvalue weighted by Crippen LogP contribution is 2.32. The number of ether oxygens (including phenoxy) is 2. The number of phenols is 1. The van der Waals surface area contributed by atoms with Gasteiger partial charge in [0.2, 0.25) is 6.10 Å². The number of hydrogen-bond donors (Lipinski definition) is 2. The Hall–Kier alpha value is -2.44. The van der Waals surface area contributed by atoms with Gasteiger partial charge in [0.1, 0.15) is 12.4 Å². The van der Waals surface area contributed by atoms with Gasteiger partial charge in [-0.2, -0.15) is 5.10 Å². The predicted octanol–water partition coefficient (Wildman–Crippen LogP) is 3.38. The van der Waals surface area contributed by atoms with E-state index in [0.29, 0.717) is 27.8 Å². The number of hydrogen-bond acceptors (Lipinski definition) is 5. The van der Waals surface area contributed by atoms with Gasteiger partial charge in [-0.25, -0.2) is 5.43 Å². The van der Waals surface area contributed by atoms with Crippen molar-refractivity contribution in [2.45, 2.75) is 13.0 Å². The molecule has 0 bridgehead atoms. The van der Waals surface area contributed by atoms with Gasteiger partial charge in [0.25, 0.3) is 5.91 Å². The molecule has 6 nitrogen and oxygen atoms in total. The second-order valence-electron chi connectivity index (χ2n) is 5.32. The third-order valence-electron chi connectivity index (χ3n) is 3.55. The number of halogens is 2. The quantitative estimate of drug-likeness (QED) is 0.631. The molecule has 0 saturated heterocycles. The summed E-state index contributed by atoms with van der Waals surface area (Å²) in [5, 5.41) is 14.4. The first kappa shape index (κ1) is 17.4. The average molecular weight is 381 g/mol. The van der Waals surface area contributed by atoms with E-state index in [1.165, 1.54) is 12.1 Å². The molecule has 1 amide bonds. The highest BCUT2D eigenvalue weighted by atomic mass is 35.5. The zero-order chi connectivity index (χ0) is 18.0. The molecule has 3 rings (SSSR count). The maximum Gasteiger partial charge on any atom is 0.284 e. The number of rotatable bonds is 3. The Kier molecular flexibility index (Phi) is 5.01. The molecule has 0 aromatic heterocycles. The number of nitrogens with one attached hydrogen (secondary N) is 1. The van der Waals surface area contributed by atoms with E-state index in [-0.39, 0.29) is 17.4 Å². The fourth-order valence-electron chi connectivity index (χ4n) is 2.26. The Bertz CT molecular complexity index is 855. The van der Waals surface area contributed by atoms with Crippen LogP contribution in [0.5, 0.6) is 17.2 Å². The normalized spacial score (nSPS) is 16.4. The number of amides is 1. The number of nitrogens with zero attached hydrogens (tertiary/aromatic N) is 1. The Morgan fingerprint density at radius 2 is 2.00 bits per heavy atom. The van der Waals surface area contributed by atoms with Crippen molar-refractivity contribution >= 4 is 34.8 Å². The Morgan fingerprint density at radius 3 is 2.76 bits per heavy atom. The molecule has 2 N–H and O–H groups in total. The number of phenolic OH excluding ortho intramolecular Hbond substituents is 1. The fraction of sp³-hybridized carbons (Fsp3) is 0.176. The number of aromatic hydroxyl groups is 1. The molecule has 1 heterocycles. The molecule has 2 aromatic carbocycles. The van der Waals surface area contributed by atoms with E-state index in [9.17, 15) is 9.90 Å². The monoisotopic (exact) mass is 380 g/mol. The van der Waals surface area contributed by atoms with Crippen LogP contribution in [-0.2, 0) is 4.79 Å². The van der Waals surface area contributed by atoms with E-state index >= 15 is 0 Å². The van der Waals surface area contributed by atoms with Crippen molar-refractivity contribution in [2.75, 3.05) is 6.61 Å². The molecular weight excluding hydrogens is 367 g/mol. The highest BCUT2D eigenvalue weighted by molar-refractivity contribution is 6.36. The van der Waals surface area contributed by atoms with Crippen LogP contribution in [0.15, 0.2) is 41.5 Å². The maximum absolute atomic E-state index is 12.2. The number of para-hydroxylation sites is 2. The molecule has 8 heteroatoms. The van der Waals surface area contributed by atoms with Gasteiger partial charge in [0, 0.05) is 10.6 Å². The molecule has 0 spiro atoms. The molecule has 1 unspecified atom stereocenters. The molecule has 1 aliphatic rings. The van der Waals surface area contributed by atoms with Crippen molar-refractivity contribution in [3.63, 3.8) is 0 Å². The van der Waals surface area contributed by atoms with E-state index < -0.39 is 12.0 Å². The van der Waals surface area contributed by atoms with Crippen LogP contribution >= 0.6 is 23.2 Å². The maximum atomic E-state index is 12.2. The highest BCUT2D eigenvalue weighted by Gasteiger charge is 2.27. The first-order valence-electron chi connectivity index (χ1n) is 7.36. The van der Waals surface area contributed by atoms with Gasteiger partial charge >= 0.3 is 0 Å². The van der Waals surface area contributed by atoms with E-state index in [2.05, 4.69) is 10.5 Å². The van der Waals surface area contributed by atoms with Crippen molar-refractivity contribution in [2.24, 2.45) is 5.10 Å². The van der Waals surface area contributed by atoms with Gasteiger partial charge in [-0.3, -0.25) is 4.79 Å². The van der Waals surface area contributed by atoms with E-state index in [0.717, 1.165) is 0 Å². The molecule has 25 heavy (non-hydrogen) atoms. The number of benzene rings is 2. The molecule has 0 aliphatic carbocycles. The molecule has 1 atom stereocenters. The number of fused-ring (bicyclic) bond motifs is 1. The zero-order valence-electron chi connectivity index (χ0n) is 13.1. The van der Waals surface area contributed by atoms with Gasteiger partial charge in [-0.15, -0.1) is 0 Å². The first-order chi connectivity index (χ1) is 12.0. The molecule has 130 valence electrons. The van der Waals surface area contributed by atoms with Crippen molar-refractivity contribution in [3.8, 4) is 17.2 Å². The van der Waals surface area contributed by atoms with Crippen LogP contribution in [-0.4, -0.2) is 29.4 Å². The molecule has 1 aliphatic heterocycles. The van der Waals surface area contributed by atoms with Gasteiger partial charge < -0.3 is 14.6 Å². The third-order valence-corrected chi connectivity index (χ3v) is 4.06. The Morgan fingerprint density at radius 1 is 1.28 bits per heavy atom. The summed E-state index contributed by atoms with van der Waals surface area (Å²) < 4.78 is 11.1. The summed E-state index contributed by atoms with van der Waals surface area (Å²) in [6.45, 7) is 1.68. The SMILES string of the molecule is CC(=NNC(=O)C1COc2ccccc2O1)c1cc(Cl)cc(Cl)c1O. The van der Waals surface area contributed by atoms with Crippen molar-refractivity contribution in [3.05, 3.63) is 52.0 Å². The Labute approximate surface area is 154 Å². The minimum atomic E-state index is -0.831. The van der Waals surface area contributed by atoms with Crippen molar-refractivity contribution in [1.29, 1.82) is 0 Å². The fourth-order valence-corrected chi connectivity index (χ4v) is 2.76. The summed E-state index contributed by atoms with van der Waals surface area (Å²) in [6.07, 6.45) is -0.831. The second kappa shape index (κ2) is 7.21. The topological polar surface area (TPSA) is 80.2 Å². The standard InChI is InChI=1S/C17H14Cl2N2O4/c1-9(11-6-10(18)7-12(19)16(11)22)20-21-17(23)15-8-24-13-4-2-3-5-14(13)25-15/h2-7,15,22H,8H2,1H3,(H,21,23). The molecule has 0 fully saturated rings. The first-order valence-corrected chi connectivity index (χ1v) is 8.12. The third kappa shape index (κ3) is 3.81. The van der Waals surface area contributed by atoms with Crippen LogP contribution in [0.4, 0.5) is 0 Å². The van der Waals surface area contributed by atoms with Crippen LogP contribution in [0.25, 0.3) is 0 Å². The van der Waals surface area contributed by atoms with Gasteiger partial charge in [0.05, 0.1) is 10.7 Å². The van der Waals surface area contributed by atoms with Crippen LogP contribution in [0.3, 0.4) is 0 Å². The van der Waals surface area contributed by atoms with Crippen LogP contribution in [0.1, 0.15) is 12.5 Å². The lowest BCUT2D eigenvalue weighted by atomic mass is 10.1. The second-order valence-corrected chi connectivity index (χ2v) is 6.16. The minimum absolute atomic E-state index is 0.0751. The lowest BCUT2D eigenvalue weighted by molar-refractivity contribution is -0.130. The molecule has 0 saturated carbocycles. The number of hydrazone groups is 1. The van der Waals surface area contributed by atoms with Crippen LogP contribution in [0.2, 0.25) is 10.0 Å². The molecule has 2 aromatic rings. The van der Waals surface area contributed by atoms with E-state index in [4.69, 9.17) is 32.7 Å². The summed E-state index contributed by atoms with van der Waals surface area (Å²) in [5.74, 6) is 0.452. The Balaban J connectivity index is 1.71. The van der Waals surface area contributed by atoms with Crippen molar-refractivity contribution in [1.82, 2.24) is 5.43 Å². The predicted molar refractivity (Wildman–Crippen MR) is 94.8 cm³/mol. The lowest BCUT2D eigenvalue weighted by Gasteiger charge is -2.24. The van der Waals surface area contributed by atoms with E-state index in [1.54, 1.807) is 25.1 Å². The number of carbonyl (C=O) groups excluding carboxylic acids is 1. The lowest BCUT2D eigenvalue weighted by Crippen LogP contribution is -2.42. The van der Waals surface area contributed by atoms with E-state index in [1.807, 2.05) is 6.07 Å². The van der Waals surface area contributed by atoms with Crippen LogP contribution in [0, 0.1) is 0 Å².